The Hall–Kier alpha value is -2.47. The first-order chi connectivity index (χ1) is 13.6. The number of hydrogen-bond acceptors (Lipinski definition) is 5. The van der Waals surface area contributed by atoms with Gasteiger partial charge in [0.15, 0.2) is 0 Å². The number of ether oxygens (including phenoxy) is 1. The van der Waals surface area contributed by atoms with Crippen LogP contribution in [0, 0.1) is 0 Å². The van der Waals surface area contributed by atoms with Crippen molar-refractivity contribution in [3.8, 4) is 5.75 Å². The van der Waals surface area contributed by atoms with Gasteiger partial charge in [-0.2, -0.15) is 0 Å². The van der Waals surface area contributed by atoms with Crippen molar-refractivity contribution in [1.29, 1.82) is 0 Å². The van der Waals surface area contributed by atoms with Gasteiger partial charge in [-0.15, -0.1) is 0 Å². The Morgan fingerprint density at radius 3 is 3.07 bits per heavy atom. The third kappa shape index (κ3) is 4.17. The monoisotopic (exact) mass is 380 g/mol. The van der Waals surface area contributed by atoms with Gasteiger partial charge in [-0.05, 0) is 37.6 Å². The molecule has 1 atom stereocenters. The number of likely N-dealkylation sites (tertiary alicyclic amines) is 1. The lowest BCUT2D eigenvalue weighted by atomic mass is 9.96. The first-order valence-corrected chi connectivity index (χ1v) is 10.1. The van der Waals surface area contributed by atoms with Crippen molar-refractivity contribution in [2.45, 2.75) is 38.1 Å². The van der Waals surface area contributed by atoms with E-state index in [9.17, 15) is 4.79 Å². The maximum atomic E-state index is 12.9. The summed E-state index contributed by atoms with van der Waals surface area (Å²) in [5.74, 6) is 2.09. The zero-order valence-corrected chi connectivity index (χ0v) is 16.7. The summed E-state index contributed by atoms with van der Waals surface area (Å²) in [4.78, 5) is 26.7. The van der Waals surface area contributed by atoms with Crippen molar-refractivity contribution < 1.29 is 9.53 Å². The van der Waals surface area contributed by atoms with Crippen LogP contribution in [0.2, 0.25) is 0 Å². The highest BCUT2D eigenvalue weighted by molar-refractivity contribution is 5.79. The van der Waals surface area contributed by atoms with Crippen LogP contribution in [0.1, 0.15) is 41.4 Å². The van der Waals surface area contributed by atoms with E-state index in [1.54, 1.807) is 7.11 Å². The second kappa shape index (κ2) is 8.27. The Morgan fingerprint density at radius 1 is 1.32 bits per heavy atom. The van der Waals surface area contributed by atoms with Crippen molar-refractivity contribution in [2.24, 2.45) is 0 Å². The fraction of sp³-hybridized carbons (Fsp3) is 0.500. The first-order valence-electron chi connectivity index (χ1n) is 10.1. The molecule has 0 spiro atoms. The SMILES string of the molecule is COc1cccc(CC(=O)N2CCC[C@H](c3ncc4c(n3)CCN(C)C4)C2)c1. The van der Waals surface area contributed by atoms with E-state index in [0.717, 1.165) is 56.0 Å². The molecule has 6 heteroatoms. The predicted molar refractivity (Wildman–Crippen MR) is 107 cm³/mol. The molecule has 3 heterocycles. The van der Waals surface area contributed by atoms with Gasteiger partial charge >= 0.3 is 0 Å². The van der Waals surface area contributed by atoms with E-state index in [2.05, 4.69) is 16.9 Å². The lowest BCUT2D eigenvalue weighted by Gasteiger charge is -2.33. The van der Waals surface area contributed by atoms with Crippen LogP contribution in [0.5, 0.6) is 5.75 Å². The fourth-order valence-corrected chi connectivity index (χ4v) is 4.15. The molecule has 148 valence electrons. The number of likely N-dealkylation sites (N-methyl/N-ethyl adjacent to an activating group) is 1. The summed E-state index contributed by atoms with van der Waals surface area (Å²) in [5, 5.41) is 0. The van der Waals surface area contributed by atoms with Gasteiger partial charge in [0.05, 0.1) is 13.5 Å². The molecule has 1 amide bonds. The van der Waals surface area contributed by atoms with Crippen LogP contribution in [-0.4, -0.2) is 59.5 Å². The number of piperidine rings is 1. The van der Waals surface area contributed by atoms with Gasteiger partial charge < -0.3 is 14.5 Å². The van der Waals surface area contributed by atoms with Crippen LogP contribution in [0.4, 0.5) is 0 Å². The molecule has 1 saturated heterocycles. The number of methoxy groups -OCH3 is 1. The molecule has 0 saturated carbocycles. The number of carbonyl (C=O) groups excluding carboxylic acids is 1. The molecule has 28 heavy (non-hydrogen) atoms. The number of benzene rings is 1. The quantitative estimate of drug-likeness (QED) is 0.815. The largest absolute Gasteiger partial charge is 0.497 e. The third-order valence-electron chi connectivity index (χ3n) is 5.77. The molecule has 1 fully saturated rings. The summed E-state index contributed by atoms with van der Waals surface area (Å²) >= 11 is 0. The molecule has 0 unspecified atom stereocenters. The topological polar surface area (TPSA) is 58.6 Å². The van der Waals surface area contributed by atoms with Gasteiger partial charge in [0.2, 0.25) is 5.91 Å². The molecular formula is C22H28N4O2. The number of hydrogen-bond donors (Lipinski definition) is 0. The highest BCUT2D eigenvalue weighted by Gasteiger charge is 2.27. The summed E-state index contributed by atoms with van der Waals surface area (Å²) in [6.07, 6.45) is 5.41. The molecule has 2 aliphatic heterocycles. The van der Waals surface area contributed by atoms with E-state index in [1.165, 1.54) is 11.3 Å². The van der Waals surface area contributed by atoms with Crippen molar-refractivity contribution >= 4 is 5.91 Å². The van der Waals surface area contributed by atoms with Crippen molar-refractivity contribution in [2.75, 3.05) is 33.8 Å². The van der Waals surface area contributed by atoms with E-state index in [1.807, 2.05) is 35.4 Å². The number of carbonyl (C=O) groups is 1. The average Bonchev–Trinajstić information content (AvgIpc) is 2.73. The van der Waals surface area contributed by atoms with E-state index in [4.69, 9.17) is 9.72 Å². The fourth-order valence-electron chi connectivity index (χ4n) is 4.15. The zero-order chi connectivity index (χ0) is 19.5. The lowest BCUT2D eigenvalue weighted by Crippen LogP contribution is -2.40. The predicted octanol–water partition coefficient (Wildman–Crippen LogP) is 2.42. The number of rotatable bonds is 4. The number of fused-ring (bicyclic) bond motifs is 1. The molecule has 0 radical (unpaired) electrons. The Bertz CT molecular complexity index is 854. The molecule has 1 aromatic heterocycles. The van der Waals surface area contributed by atoms with Crippen molar-refractivity contribution in [3.63, 3.8) is 0 Å². The van der Waals surface area contributed by atoms with Crippen LogP contribution >= 0.6 is 0 Å². The Balaban J connectivity index is 1.43. The summed E-state index contributed by atoms with van der Waals surface area (Å²) < 4.78 is 5.26. The Morgan fingerprint density at radius 2 is 2.21 bits per heavy atom. The zero-order valence-electron chi connectivity index (χ0n) is 16.7. The molecule has 2 aliphatic rings. The van der Waals surface area contributed by atoms with E-state index in [-0.39, 0.29) is 11.8 Å². The van der Waals surface area contributed by atoms with Crippen LogP contribution in [0.15, 0.2) is 30.5 Å². The van der Waals surface area contributed by atoms with E-state index >= 15 is 0 Å². The Labute approximate surface area is 166 Å². The van der Waals surface area contributed by atoms with Gasteiger partial charge in [-0.25, -0.2) is 9.97 Å². The molecule has 1 aromatic carbocycles. The summed E-state index contributed by atoms with van der Waals surface area (Å²) in [6, 6.07) is 7.74. The van der Waals surface area contributed by atoms with E-state index in [0.29, 0.717) is 13.0 Å². The molecule has 0 bridgehead atoms. The van der Waals surface area contributed by atoms with Gasteiger partial charge in [0.1, 0.15) is 11.6 Å². The van der Waals surface area contributed by atoms with Crippen LogP contribution in [-0.2, 0) is 24.2 Å². The minimum absolute atomic E-state index is 0.164. The maximum absolute atomic E-state index is 12.9. The smallest absolute Gasteiger partial charge is 0.227 e. The second-order valence-corrected chi connectivity index (χ2v) is 7.90. The summed E-state index contributed by atoms with van der Waals surface area (Å²) in [6.45, 7) is 3.49. The lowest BCUT2D eigenvalue weighted by molar-refractivity contribution is -0.131. The van der Waals surface area contributed by atoms with E-state index < -0.39 is 0 Å². The van der Waals surface area contributed by atoms with Crippen LogP contribution < -0.4 is 4.74 Å². The minimum Gasteiger partial charge on any atom is -0.497 e. The highest BCUT2D eigenvalue weighted by Crippen LogP contribution is 2.27. The standard InChI is InChI=1S/C22H28N4O2/c1-25-10-8-20-18(14-25)13-23-22(24-20)17-6-4-9-26(15-17)21(27)12-16-5-3-7-19(11-16)28-2/h3,5,7,11,13,17H,4,6,8-10,12,14-15H2,1-2H3/t17-/m0/s1. The van der Waals surface area contributed by atoms with Crippen LogP contribution in [0.3, 0.4) is 0 Å². The van der Waals surface area contributed by atoms with Crippen molar-refractivity contribution in [3.05, 3.63) is 53.1 Å². The highest BCUT2D eigenvalue weighted by atomic mass is 16.5. The van der Waals surface area contributed by atoms with Gasteiger partial charge in [0.25, 0.3) is 0 Å². The minimum atomic E-state index is 0.164. The van der Waals surface area contributed by atoms with Gasteiger partial charge in [-0.1, -0.05) is 12.1 Å². The summed E-state index contributed by atoms with van der Waals surface area (Å²) in [5.41, 5.74) is 3.41. The first kappa shape index (κ1) is 18.9. The number of nitrogens with zero attached hydrogens (tertiary/aromatic N) is 4. The molecule has 6 nitrogen and oxygen atoms in total. The third-order valence-corrected chi connectivity index (χ3v) is 5.77. The molecule has 2 aromatic rings. The van der Waals surface area contributed by atoms with Gasteiger partial charge in [0, 0.05) is 56.0 Å². The van der Waals surface area contributed by atoms with Crippen molar-refractivity contribution in [1.82, 2.24) is 19.8 Å². The molecular weight excluding hydrogens is 352 g/mol. The maximum Gasteiger partial charge on any atom is 0.227 e. The second-order valence-electron chi connectivity index (χ2n) is 7.90. The summed E-state index contributed by atoms with van der Waals surface area (Å²) in [7, 11) is 3.77. The normalized spacial score (nSPS) is 19.9. The molecule has 0 N–H and O–H groups in total. The molecule has 0 aliphatic carbocycles. The Kier molecular flexibility index (Phi) is 5.57. The number of aromatic nitrogens is 2. The van der Waals surface area contributed by atoms with Crippen LogP contribution in [0.25, 0.3) is 0 Å². The number of amides is 1. The molecule has 4 rings (SSSR count). The van der Waals surface area contributed by atoms with Gasteiger partial charge in [-0.3, -0.25) is 4.79 Å². The average molecular weight is 380 g/mol.